The van der Waals surface area contributed by atoms with Gasteiger partial charge in [0.1, 0.15) is 17.2 Å². The first kappa shape index (κ1) is 29.6. The zero-order chi connectivity index (χ0) is 27.8. The first-order chi connectivity index (χ1) is 17.4. The molecule has 0 amide bonds. The van der Waals surface area contributed by atoms with E-state index in [0.717, 1.165) is 12.1 Å². The molecule has 5 N–H and O–H groups in total. The summed E-state index contributed by atoms with van der Waals surface area (Å²) in [5.74, 6) is -1.33. The smallest absolute Gasteiger partial charge is 0.159 e. The van der Waals surface area contributed by atoms with E-state index in [0.29, 0.717) is 40.5 Å². The second-order valence-electron chi connectivity index (χ2n) is 9.25. The average molecular weight is 510 g/mol. The van der Waals surface area contributed by atoms with E-state index < -0.39 is 17.2 Å². The molecule has 3 aromatic rings. The quantitative estimate of drug-likeness (QED) is 0.328. The van der Waals surface area contributed by atoms with Gasteiger partial charge in [-0.2, -0.15) is 0 Å². The number of nitrogens with two attached hydrogens (primary N) is 2. The highest BCUT2D eigenvalue weighted by Crippen LogP contribution is 2.28. The van der Waals surface area contributed by atoms with Gasteiger partial charge in [-0.3, -0.25) is 4.98 Å². The molecule has 0 saturated carbocycles. The second kappa shape index (κ2) is 13.1. The van der Waals surface area contributed by atoms with E-state index in [-0.39, 0.29) is 17.2 Å². The summed E-state index contributed by atoms with van der Waals surface area (Å²) in [5, 5.41) is 10.3. The molecular formula is C29H37F2N5O. The van der Waals surface area contributed by atoms with Crippen molar-refractivity contribution in [1.82, 2.24) is 15.0 Å². The number of hydrogen-bond donors (Lipinski definition) is 3. The lowest BCUT2D eigenvalue weighted by atomic mass is 9.96. The highest BCUT2D eigenvalue weighted by molar-refractivity contribution is 5.67. The van der Waals surface area contributed by atoms with Crippen molar-refractivity contribution in [1.29, 1.82) is 0 Å². The summed E-state index contributed by atoms with van der Waals surface area (Å²) >= 11 is 0. The van der Waals surface area contributed by atoms with E-state index in [1.807, 2.05) is 13.8 Å². The predicted molar refractivity (Wildman–Crippen MR) is 145 cm³/mol. The van der Waals surface area contributed by atoms with Crippen molar-refractivity contribution in [2.45, 2.75) is 65.9 Å². The van der Waals surface area contributed by atoms with Crippen LogP contribution in [0.5, 0.6) is 0 Å². The molecule has 2 aromatic heterocycles. The van der Waals surface area contributed by atoms with Crippen LogP contribution in [0.4, 0.5) is 8.78 Å². The number of halogens is 2. The maximum Gasteiger partial charge on any atom is 0.159 e. The molecule has 0 spiro atoms. The van der Waals surface area contributed by atoms with Crippen molar-refractivity contribution in [2.24, 2.45) is 11.5 Å². The Bertz CT molecular complexity index is 1240. The van der Waals surface area contributed by atoms with Gasteiger partial charge in [0.25, 0.3) is 0 Å². The Morgan fingerprint density at radius 2 is 1.62 bits per heavy atom. The molecule has 198 valence electrons. The number of benzene rings is 1. The molecule has 1 unspecified atom stereocenters. The fourth-order valence-electron chi connectivity index (χ4n) is 3.52. The molecule has 1 aromatic carbocycles. The van der Waals surface area contributed by atoms with Crippen molar-refractivity contribution < 1.29 is 13.9 Å². The molecule has 0 saturated heterocycles. The molecule has 3 rings (SSSR count). The van der Waals surface area contributed by atoms with E-state index in [2.05, 4.69) is 28.8 Å². The van der Waals surface area contributed by atoms with Crippen LogP contribution < -0.4 is 11.5 Å². The molecule has 0 fully saturated rings. The largest absolute Gasteiger partial charge is 0.401 e. The van der Waals surface area contributed by atoms with Crippen LogP contribution in [0.3, 0.4) is 0 Å². The number of aromatic nitrogens is 3. The van der Waals surface area contributed by atoms with Crippen LogP contribution in [0, 0.1) is 11.6 Å². The van der Waals surface area contributed by atoms with Crippen LogP contribution in [-0.2, 0) is 5.60 Å². The van der Waals surface area contributed by atoms with Gasteiger partial charge in [-0.05, 0) is 62.2 Å². The van der Waals surface area contributed by atoms with E-state index in [1.165, 1.54) is 18.6 Å². The van der Waals surface area contributed by atoms with Crippen LogP contribution in [0.2, 0.25) is 0 Å². The maximum absolute atomic E-state index is 14.1. The first-order valence-electron chi connectivity index (χ1n) is 12.4. The van der Waals surface area contributed by atoms with Crippen molar-refractivity contribution in [3.8, 4) is 11.4 Å². The van der Waals surface area contributed by atoms with Crippen molar-refractivity contribution in [3.63, 3.8) is 0 Å². The Balaban J connectivity index is 0.00000153. The SMILES string of the molecule is CCC.CCC(/C=C(\N)c1c(F)cccc1F)=C(/N)C(C)c1ccnc(-c2ccnc(C(C)(C)O)c2)n1. The summed E-state index contributed by atoms with van der Waals surface area (Å²) in [6, 6.07) is 8.87. The standard InChI is InChI=1S/C26H29F2N5O.C3H8/c1-5-16(13-20(29)23-18(27)7-6-8-19(23)28)24(30)15(2)21-10-12-32-25(33-21)17-9-11-31-22(14-17)26(3,4)34;1-3-2/h6-15,34H,5,29-30H2,1-4H3;3H2,1-2H3/b20-13-,24-16-;. The molecule has 37 heavy (non-hydrogen) atoms. The molecule has 0 bridgehead atoms. The normalized spacial score (nSPS) is 13.4. The van der Waals surface area contributed by atoms with Crippen LogP contribution in [0.25, 0.3) is 17.1 Å². The minimum absolute atomic E-state index is 0.0399. The lowest BCUT2D eigenvalue weighted by Crippen LogP contribution is -2.17. The van der Waals surface area contributed by atoms with Crippen molar-refractivity contribution in [3.05, 3.63) is 94.7 Å². The monoisotopic (exact) mass is 509 g/mol. The van der Waals surface area contributed by atoms with Gasteiger partial charge in [-0.1, -0.05) is 40.2 Å². The van der Waals surface area contributed by atoms with Crippen LogP contribution in [-0.4, -0.2) is 20.1 Å². The minimum Gasteiger partial charge on any atom is -0.401 e. The number of nitrogens with zero attached hydrogens (tertiary/aromatic N) is 3. The summed E-state index contributed by atoms with van der Waals surface area (Å²) in [6.07, 6.45) is 6.50. The molecular weight excluding hydrogens is 472 g/mol. The van der Waals surface area contributed by atoms with Crippen molar-refractivity contribution >= 4 is 5.70 Å². The highest BCUT2D eigenvalue weighted by Gasteiger charge is 2.20. The number of rotatable bonds is 7. The number of aliphatic hydroxyl groups is 1. The topological polar surface area (TPSA) is 111 Å². The van der Waals surface area contributed by atoms with Gasteiger partial charge in [-0.15, -0.1) is 0 Å². The van der Waals surface area contributed by atoms with Gasteiger partial charge >= 0.3 is 0 Å². The molecule has 6 nitrogen and oxygen atoms in total. The summed E-state index contributed by atoms with van der Waals surface area (Å²) in [4.78, 5) is 13.2. The summed E-state index contributed by atoms with van der Waals surface area (Å²) < 4.78 is 28.3. The lowest BCUT2D eigenvalue weighted by molar-refractivity contribution is 0.0739. The summed E-state index contributed by atoms with van der Waals surface area (Å²) in [6.45, 7) is 11.3. The third-order valence-corrected chi connectivity index (χ3v) is 5.57. The molecule has 0 radical (unpaired) electrons. The van der Waals surface area contributed by atoms with Crippen molar-refractivity contribution in [2.75, 3.05) is 0 Å². The van der Waals surface area contributed by atoms with E-state index in [4.69, 9.17) is 11.5 Å². The number of hydrogen-bond acceptors (Lipinski definition) is 6. The molecule has 0 aliphatic heterocycles. The number of pyridine rings is 1. The lowest BCUT2D eigenvalue weighted by Gasteiger charge is -2.18. The second-order valence-corrected chi connectivity index (χ2v) is 9.25. The average Bonchev–Trinajstić information content (AvgIpc) is 2.86. The van der Waals surface area contributed by atoms with Gasteiger partial charge in [0, 0.05) is 35.3 Å². The Labute approximate surface area is 218 Å². The van der Waals surface area contributed by atoms with Crippen LogP contribution in [0.1, 0.15) is 77.3 Å². The van der Waals surface area contributed by atoms with Gasteiger partial charge in [0.15, 0.2) is 5.82 Å². The zero-order valence-corrected chi connectivity index (χ0v) is 22.4. The number of allylic oxidation sites excluding steroid dienone is 3. The van der Waals surface area contributed by atoms with Gasteiger partial charge in [-0.25, -0.2) is 18.7 Å². The van der Waals surface area contributed by atoms with Gasteiger partial charge in [0.05, 0.1) is 17.0 Å². The van der Waals surface area contributed by atoms with Crippen LogP contribution in [0.15, 0.2) is 66.1 Å². The maximum atomic E-state index is 14.1. The molecule has 2 heterocycles. The van der Waals surface area contributed by atoms with E-state index >= 15 is 0 Å². The highest BCUT2D eigenvalue weighted by atomic mass is 19.1. The van der Waals surface area contributed by atoms with Gasteiger partial charge < -0.3 is 16.6 Å². The Kier molecular flexibility index (Phi) is 10.4. The zero-order valence-electron chi connectivity index (χ0n) is 22.4. The Morgan fingerprint density at radius 3 is 2.19 bits per heavy atom. The predicted octanol–water partition coefficient (Wildman–Crippen LogP) is 6.19. The Morgan fingerprint density at radius 1 is 1.03 bits per heavy atom. The fourth-order valence-corrected chi connectivity index (χ4v) is 3.52. The first-order valence-corrected chi connectivity index (χ1v) is 12.4. The van der Waals surface area contributed by atoms with E-state index in [9.17, 15) is 13.9 Å². The molecule has 8 heteroatoms. The molecule has 0 aliphatic rings. The molecule has 1 atom stereocenters. The minimum atomic E-state index is -1.10. The molecule has 0 aliphatic carbocycles. The third kappa shape index (κ3) is 7.67. The van der Waals surface area contributed by atoms with E-state index in [1.54, 1.807) is 44.4 Å². The van der Waals surface area contributed by atoms with Gasteiger partial charge in [0.2, 0.25) is 0 Å². The third-order valence-electron chi connectivity index (χ3n) is 5.57. The summed E-state index contributed by atoms with van der Waals surface area (Å²) in [7, 11) is 0. The van der Waals surface area contributed by atoms with Crippen LogP contribution >= 0.6 is 0 Å². The fraction of sp³-hybridized carbons (Fsp3) is 0.345. The summed E-state index contributed by atoms with van der Waals surface area (Å²) in [5.41, 5.74) is 14.1. The Hall–Kier alpha value is -3.65.